The van der Waals surface area contributed by atoms with Crippen LogP contribution in [0.5, 0.6) is 0 Å². The first-order valence-corrected chi connectivity index (χ1v) is 11.5. The summed E-state index contributed by atoms with van der Waals surface area (Å²) >= 11 is 0.740. The SMILES string of the molecule is COC(=O)c1c(NC(=O)c2cc3nc(-c4ccc(C)c(C)c4)cc(C(F)(F)F)n3n2)sc(C(N)=O)c1C. The highest BCUT2D eigenvalue weighted by Gasteiger charge is 2.36. The Bertz CT molecular complexity index is 1590. The first-order chi connectivity index (χ1) is 17.3. The van der Waals surface area contributed by atoms with Crippen LogP contribution in [0.25, 0.3) is 16.9 Å². The van der Waals surface area contributed by atoms with Crippen LogP contribution in [0.3, 0.4) is 0 Å². The Balaban J connectivity index is 1.80. The molecule has 0 aliphatic carbocycles. The average Bonchev–Trinajstić information content (AvgIpc) is 3.40. The second-order valence-corrected chi connectivity index (χ2v) is 9.21. The number of esters is 1. The summed E-state index contributed by atoms with van der Waals surface area (Å²) < 4.78 is 47.1. The Hall–Kier alpha value is -4.26. The molecule has 0 fully saturated rings. The highest BCUT2D eigenvalue weighted by Crippen LogP contribution is 2.35. The van der Waals surface area contributed by atoms with Gasteiger partial charge in [0.05, 0.1) is 23.2 Å². The van der Waals surface area contributed by atoms with Crippen molar-refractivity contribution in [2.75, 3.05) is 12.4 Å². The molecule has 3 N–H and O–H groups in total. The number of hydrogen-bond acceptors (Lipinski definition) is 7. The summed E-state index contributed by atoms with van der Waals surface area (Å²) in [5, 5.41) is 6.19. The van der Waals surface area contributed by atoms with Crippen molar-refractivity contribution in [3.05, 3.63) is 68.9 Å². The molecule has 0 saturated carbocycles. The van der Waals surface area contributed by atoms with Crippen LogP contribution in [-0.4, -0.2) is 39.5 Å². The standard InChI is InChI=1S/C24H20F3N5O4S/c1-10-5-6-13(7-11(10)2)14-8-16(24(25,26)27)32-17(29-14)9-15(31-32)21(34)30-22-18(23(35)36-4)12(3)19(37-22)20(28)33/h5-9H,1-4H3,(H2,28,33)(H,30,34). The van der Waals surface area contributed by atoms with Gasteiger partial charge in [-0.3, -0.25) is 9.59 Å². The third-order valence-corrected chi connectivity index (χ3v) is 6.96. The van der Waals surface area contributed by atoms with E-state index in [1.54, 1.807) is 18.2 Å². The number of alkyl halides is 3. The lowest BCUT2D eigenvalue weighted by molar-refractivity contribution is -0.142. The van der Waals surface area contributed by atoms with Gasteiger partial charge in [-0.2, -0.15) is 18.3 Å². The fourth-order valence-corrected chi connectivity index (χ4v) is 4.73. The van der Waals surface area contributed by atoms with Gasteiger partial charge in [0.15, 0.2) is 17.0 Å². The van der Waals surface area contributed by atoms with Gasteiger partial charge in [0.1, 0.15) is 5.00 Å². The molecule has 13 heteroatoms. The molecular weight excluding hydrogens is 511 g/mol. The number of aromatic nitrogens is 3. The normalized spacial score (nSPS) is 11.5. The third kappa shape index (κ3) is 4.77. The number of ether oxygens (including phenoxy) is 1. The van der Waals surface area contributed by atoms with Crippen LogP contribution in [0, 0.1) is 20.8 Å². The van der Waals surface area contributed by atoms with Crippen molar-refractivity contribution < 1.29 is 32.3 Å². The Morgan fingerprint density at radius 3 is 2.38 bits per heavy atom. The van der Waals surface area contributed by atoms with Gasteiger partial charge in [-0.05, 0) is 49.6 Å². The minimum atomic E-state index is -4.80. The van der Waals surface area contributed by atoms with E-state index in [9.17, 15) is 27.6 Å². The van der Waals surface area contributed by atoms with Crippen molar-refractivity contribution in [2.24, 2.45) is 5.73 Å². The Morgan fingerprint density at radius 2 is 1.78 bits per heavy atom. The number of carbonyl (C=O) groups excluding carboxylic acids is 3. The molecule has 37 heavy (non-hydrogen) atoms. The molecule has 0 saturated heterocycles. The van der Waals surface area contributed by atoms with Gasteiger partial charge in [-0.25, -0.2) is 14.3 Å². The molecule has 0 radical (unpaired) electrons. The zero-order valence-corrected chi connectivity index (χ0v) is 20.8. The lowest BCUT2D eigenvalue weighted by atomic mass is 10.0. The molecule has 0 bridgehead atoms. The molecule has 2 amide bonds. The van der Waals surface area contributed by atoms with E-state index >= 15 is 0 Å². The summed E-state index contributed by atoms with van der Waals surface area (Å²) in [6.07, 6.45) is -4.80. The molecule has 1 aromatic carbocycles. The Kier molecular flexibility index (Phi) is 6.50. The predicted octanol–water partition coefficient (Wildman–Crippen LogP) is 4.54. The van der Waals surface area contributed by atoms with Gasteiger partial charge in [-0.1, -0.05) is 12.1 Å². The topological polar surface area (TPSA) is 129 Å². The van der Waals surface area contributed by atoms with Crippen LogP contribution in [0.15, 0.2) is 30.3 Å². The fraction of sp³-hybridized carbons (Fsp3) is 0.208. The summed E-state index contributed by atoms with van der Waals surface area (Å²) in [4.78, 5) is 41.3. The number of anilines is 1. The monoisotopic (exact) mass is 531 g/mol. The second kappa shape index (κ2) is 9.32. The largest absolute Gasteiger partial charge is 0.465 e. The van der Waals surface area contributed by atoms with Gasteiger partial charge in [-0.15, -0.1) is 11.3 Å². The van der Waals surface area contributed by atoms with Crippen LogP contribution >= 0.6 is 11.3 Å². The minimum Gasteiger partial charge on any atom is -0.465 e. The molecule has 0 unspecified atom stereocenters. The zero-order valence-electron chi connectivity index (χ0n) is 20.0. The minimum absolute atomic E-state index is 0.0183. The van der Waals surface area contributed by atoms with E-state index in [1.165, 1.54) is 6.92 Å². The van der Waals surface area contributed by atoms with E-state index in [2.05, 4.69) is 15.4 Å². The lowest BCUT2D eigenvalue weighted by Crippen LogP contribution is -2.16. The van der Waals surface area contributed by atoms with Gasteiger partial charge < -0.3 is 15.8 Å². The first-order valence-electron chi connectivity index (χ1n) is 10.7. The van der Waals surface area contributed by atoms with Gasteiger partial charge in [0.25, 0.3) is 11.8 Å². The number of amides is 2. The molecule has 192 valence electrons. The molecule has 4 rings (SSSR count). The number of nitrogens with two attached hydrogens (primary N) is 1. The quantitative estimate of drug-likeness (QED) is 0.364. The summed E-state index contributed by atoms with van der Waals surface area (Å²) in [6.45, 7) is 5.17. The van der Waals surface area contributed by atoms with E-state index in [0.717, 1.165) is 41.7 Å². The lowest BCUT2D eigenvalue weighted by Gasteiger charge is -2.11. The number of aryl methyl sites for hydroxylation is 2. The van der Waals surface area contributed by atoms with Crippen molar-refractivity contribution in [3.63, 3.8) is 0 Å². The molecule has 0 aliphatic rings. The number of nitrogens with zero attached hydrogens (tertiary/aromatic N) is 3. The smallest absolute Gasteiger partial charge is 0.433 e. The van der Waals surface area contributed by atoms with Crippen molar-refractivity contribution >= 4 is 39.8 Å². The van der Waals surface area contributed by atoms with E-state index in [-0.39, 0.29) is 32.3 Å². The van der Waals surface area contributed by atoms with Crippen LogP contribution in [0.2, 0.25) is 0 Å². The number of benzene rings is 1. The first kappa shape index (κ1) is 25.8. The molecule has 9 nitrogen and oxygen atoms in total. The second-order valence-electron chi connectivity index (χ2n) is 8.19. The maximum Gasteiger partial charge on any atom is 0.433 e. The van der Waals surface area contributed by atoms with Crippen molar-refractivity contribution in [3.8, 4) is 11.3 Å². The van der Waals surface area contributed by atoms with Gasteiger partial charge in [0, 0.05) is 11.6 Å². The summed E-state index contributed by atoms with van der Waals surface area (Å²) in [5.74, 6) is -2.57. The van der Waals surface area contributed by atoms with Gasteiger partial charge >= 0.3 is 12.1 Å². The van der Waals surface area contributed by atoms with Crippen molar-refractivity contribution in [1.82, 2.24) is 14.6 Å². The van der Waals surface area contributed by atoms with E-state index < -0.39 is 35.3 Å². The van der Waals surface area contributed by atoms with E-state index in [1.807, 2.05) is 13.8 Å². The fourth-order valence-electron chi connectivity index (χ4n) is 3.69. The number of rotatable bonds is 5. The van der Waals surface area contributed by atoms with Crippen molar-refractivity contribution in [2.45, 2.75) is 26.9 Å². The molecule has 3 aromatic heterocycles. The van der Waals surface area contributed by atoms with Crippen molar-refractivity contribution in [1.29, 1.82) is 0 Å². The maximum atomic E-state index is 13.9. The maximum absolute atomic E-state index is 13.9. The zero-order chi connectivity index (χ0) is 27.2. The molecule has 3 heterocycles. The number of halogens is 3. The average molecular weight is 532 g/mol. The number of thiophene rings is 1. The number of methoxy groups -OCH3 is 1. The Morgan fingerprint density at radius 1 is 1.08 bits per heavy atom. The third-order valence-electron chi connectivity index (χ3n) is 5.74. The number of fused-ring (bicyclic) bond motifs is 1. The van der Waals surface area contributed by atoms with Crippen LogP contribution in [-0.2, 0) is 10.9 Å². The molecule has 0 aliphatic heterocycles. The highest BCUT2D eigenvalue weighted by molar-refractivity contribution is 7.18. The predicted molar refractivity (Wildman–Crippen MR) is 130 cm³/mol. The van der Waals surface area contributed by atoms with E-state index in [0.29, 0.717) is 10.1 Å². The number of nitrogens with one attached hydrogen (secondary N) is 1. The molecular formula is C24H20F3N5O4S. The summed E-state index contributed by atoms with van der Waals surface area (Å²) in [5.41, 5.74) is 6.11. The molecule has 4 aromatic rings. The Labute approximate surface area is 212 Å². The summed E-state index contributed by atoms with van der Waals surface area (Å²) in [6, 6.07) is 7.13. The summed E-state index contributed by atoms with van der Waals surface area (Å²) in [7, 11) is 1.12. The molecule has 0 atom stereocenters. The highest BCUT2D eigenvalue weighted by atomic mass is 32.1. The van der Waals surface area contributed by atoms with Crippen LogP contribution in [0.4, 0.5) is 18.2 Å². The molecule has 0 spiro atoms. The van der Waals surface area contributed by atoms with E-state index in [4.69, 9.17) is 10.5 Å². The number of primary amides is 1. The van der Waals surface area contributed by atoms with Crippen LogP contribution < -0.4 is 11.1 Å². The number of hydrogen-bond donors (Lipinski definition) is 2. The number of carbonyl (C=O) groups is 3. The van der Waals surface area contributed by atoms with Crippen LogP contribution in [0.1, 0.15) is 52.9 Å². The van der Waals surface area contributed by atoms with Gasteiger partial charge in [0.2, 0.25) is 0 Å².